The Morgan fingerprint density at radius 1 is 1.32 bits per heavy atom. The molecule has 1 fully saturated rings. The molecule has 2 rings (SSSR count). The van der Waals surface area contributed by atoms with Crippen LogP contribution in [0, 0.1) is 10.1 Å². The molecule has 0 N–H and O–H groups in total. The van der Waals surface area contributed by atoms with Crippen LogP contribution in [0.3, 0.4) is 0 Å². The van der Waals surface area contributed by atoms with E-state index in [1.807, 2.05) is 13.8 Å². The number of morpholine rings is 1. The molecule has 6 heteroatoms. The monoisotopic (exact) mass is 280 g/mol. The van der Waals surface area contributed by atoms with E-state index in [9.17, 15) is 10.1 Å². The fraction of sp³-hybridized carbons (Fsp3) is 0.462. The zero-order valence-electron chi connectivity index (χ0n) is 10.9. The number of hydrogen-bond acceptors (Lipinski definition) is 4. The highest BCUT2D eigenvalue weighted by molar-refractivity contribution is 7.80. The van der Waals surface area contributed by atoms with Crippen molar-refractivity contribution in [2.75, 3.05) is 13.1 Å². The number of hydrogen-bond donors (Lipinski definition) is 0. The third-order valence-corrected chi connectivity index (χ3v) is 3.53. The maximum atomic E-state index is 10.6. The van der Waals surface area contributed by atoms with Crippen LogP contribution in [0.1, 0.15) is 19.4 Å². The largest absolute Gasteiger partial charge is 0.372 e. The van der Waals surface area contributed by atoms with Gasteiger partial charge in [-0.25, -0.2) is 0 Å². The van der Waals surface area contributed by atoms with E-state index in [0.29, 0.717) is 0 Å². The van der Waals surface area contributed by atoms with Crippen LogP contribution in [0.2, 0.25) is 0 Å². The molecule has 19 heavy (non-hydrogen) atoms. The van der Waals surface area contributed by atoms with Gasteiger partial charge >= 0.3 is 0 Å². The maximum absolute atomic E-state index is 10.6. The highest BCUT2D eigenvalue weighted by Crippen LogP contribution is 2.17. The third-order valence-electron chi connectivity index (χ3n) is 3.03. The summed E-state index contributed by atoms with van der Waals surface area (Å²) in [4.78, 5) is 13.0. The third kappa shape index (κ3) is 3.27. The van der Waals surface area contributed by atoms with Gasteiger partial charge in [0.2, 0.25) is 0 Å². The van der Waals surface area contributed by atoms with Crippen LogP contribution in [0.15, 0.2) is 24.3 Å². The van der Waals surface area contributed by atoms with Gasteiger partial charge in [-0.15, -0.1) is 0 Å². The van der Waals surface area contributed by atoms with Crippen molar-refractivity contribution in [2.45, 2.75) is 26.1 Å². The minimum Gasteiger partial charge on any atom is -0.372 e. The topological polar surface area (TPSA) is 55.6 Å². The van der Waals surface area contributed by atoms with E-state index >= 15 is 0 Å². The molecule has 0 amide bonds. The van der Waals surface area contributed by atoms with Crippen LogP contribution < -0.4 is 0 Å². The summed E-state index contributed by atoms with van der Waals surface area (Å²) in [7, 11) is 0. The molecule has 0 radical (unpaired) electrons. The zero-order valence-corrected chi connectivity index (χ0v) is 11.7. The molecule has 0 saturated carbocycles. The lowest BCUT2D eigenvalue weighted by Gasteiger charge is -2.37. The van der Waals surface area contributed by atoms with Gasteiger partial charge in [0.05, 0.1) is 17.1 Å². The number of rotatable bonds is 2. The summed E-state index contributed by atoms with van der Waals surface area (Å²) in [5.41, 5.74) is 0.914. The SMILES string of the molecule is C[C@@H]1CN(C(=S)c2ccc([N+](=O)[O-])cc2)C[C@H](C)O1. The van der Waals surface area contributed by atoms with E-state index in [-0.39, 0.29) is 17.9 Å². The molecule has 0 bridgehead atoms. The molecule has 0 unspecified atom stereocenters. The van der Waals surface area contributed by atoms with Crippen molar-refractivity contribution in [3.05, 3.63) is 39.9 Å². The Balaban J connectivity index is 2.12. The number of nitro groups is 1. The van der Waals surface area contributed by atoms with Crippen molar-refractivity contribution in [1.82, 2.24) is 4.90 Å². The Morgan fingerprint density at radius 2 is 1.84 bits per heavy atom. The summed E-state index contributed by atoms with van der Waals surface area (Å²) >= 11 is 5.46. The molecule has 1 heterocycles. The van der Waals surface area contributed by atoms with Gasteiger partial charge in [-0.3, -0.25) is 10.1 Å². The van der Waals surface area contributed by atoms with E-state index in [0.717, 1.165) is 23.6 Å². The Labute approximate surface area is 117 Å². The molecule has 102 valence electrons. The van der Waals surface area contributed by atoms with Gasteiger partial charge in [-0.1, -0.05) is 12.2 Å². The molecule has 1 aliphatic heterocycles. The quantitative estimate of drug-likeness (QED) is 0.473. The van der Waals surface area contributed by atoms with Crippen molar-refractivity contribution in [2.24, 2.45) is 0 Å². The average Bonchev–Trinajstić information content (AvgIpc) is 2.37. The Bertz CT molecular complexity index is 479. The van der Waals surface area contributed by atoms with Crippen LogP contribution in [0.5, 0.6) is 0 Å². The van der Waals surface area contributed by atoms with E-state index in [1.165, 1.54) is 12.1 Å². The fourth-order valence-electron chi connectivity index (χ4n) is 2.25. The summed E-state index contributed by atoms with van der Waals surface area (Å²) in [6.45, 7) is 5.53. The van der Waals surface area contributed by atoms with Crippen LogP contribution in [0.25, 0.3) is 0 Å². The summed E-state index contributed by atoms with van der Waals surface area (Å²) < 4.78 is 5.66. The smallest absolute Gasteiger partial charge is 0.269 e. The van der Waals surface area contributed by atoms with E-state index in [1.54, 1.807) is 12.1 Å². The van der Waals surface area contributed by atoms with Crippen molar-refractivity contribution < 1.29 is 9.66 Å². The zero-order chi connectivity index (χ0) is 14.0. The van der Waals surface area contributed by atoms with Gasteiger partial charge in [0.1, 0.15) is 4.99 Å². The van der Waals surface area contributed by atoms with Crippen molar-refractivity contribution in [3.63, 3.8) is 0 Å². The first-order chi connectivity index (χ1) is 8.97. The van der Waals surface area contributed by atoms with E-state index in [4.69, 9.17) is 17.0 Å². The predicted molar refractivity (Wildman–Crippen MR) is 76.4 cm³/mol. The van der Waals surface area contributed by atoms with E-state index in [2.05, 4.69) is 4.90 Å². The summed E-state index contributed by atoms with van der Waals surface area (Å²) in [6.07, 6.45) is 0.277. The molecular weight excluding hydrogens is 264 g/mol. The van der Waals surface area contributed by atoms with Gasteiger partial charge in [0.25, 0.3) is 5.69 Å². The first-order valence-electron chi connectivity index (χ1n) is 6.16. The van der Waals surface area contributed by atoms with Gasteiger partial charge in [-0.05, 0) is 26.0 Å². The second kappa shape index (κ2) is 5.63. The minimum absolute atomic E-state index is 0.0789. The number of benzene rings is 1. The number of non-ortho nitro benzene ring substituents is 1. The maximum Gasteiger partial charge on any atom is 0.269 e. The van der Waals surface area contributed by atoms with Gasteiger partial charge in [0.15, 0.2) is 0 Å². The molecule has 1 saturated heterocycles. The minimum atomic E-state index is -0.411. The number of thiocarbonyl (C=S) groups is 1. The fourth-order valence-corrected chi connectivity index (χ4v) is 2.54. The van der Waals surface area contributed by atoms with Crippen molar-refractivity contribution in [1.29, 1.82) is 0 Å². The van der Waals surface area contributed by atoms with Gasteiger partial charge < -0.3 is 9.64 Å². The van der Waals surface area contributed by atoms with Crippen LogP contribution in [-0.4, -0.2) is 40.1 Å². The lowest BCUT2D eigenvalue weighted by Crippen LogP contribution is -2.47. The van der Waals surface area contributed by atoms with Gasteiger partial charge in [-0.2, -0.15) is 0 Å². The predicted octanol–water partition coefficient (Wildman–Crippen LogP) is 2.38. The van der Waals surface area contributed by atoms with Crippen molar-refractivity contribution in [3.8, 4) is 0 Å². The Morgan fingerprint density at radius 3 is 2.32 bits per heavy atom. The second-order valence-corrected chi connectivity index (χ2v) is 5.16. The first kappa shape index (κ1) is 13.9. The number of nitrogens with zero attached hydrogens (tertiary/aromatic N) is 2. The normalized spacial score (nSPS) is 23.2. The molecule has 1 aromatic rings. The molecule has 5 nitrogen and oxygen atoms in total. The second-order valence-electron chi connectivity index (χ2n) is 4.77. The van der Waals surface area contributed by atoms with Gasteiger partial charge in [0, 0.05) is 30.8 Å². The molecule has 0 aliphatic carbocycles. The highest BCUT2D eigenvalue weighted by atomic mass is 32.1. The number of nitro benzene ring substituents is 1. The lowest BCUT2D eigenvalue weighted by atomic mass is 10.1. The lowest BCUT2D eigenvalue weighted by molar-refractivity contribution is -0.384. The standard InChI is InChI=1S/C13H16N2O3S/c1-9-7-14(8-10(2)18-9)13(19)11-3-5-12(6-4-11)15(16)17/h3-6,9-10H,7-8H2,1-2H3/t9-,10+. The van der Waals surface area contributed by atoms with Crippen LogP contribution in [0.4, 0.5) is 5.69 Å². The summed E-state index contributed by atoms with van der Waals surface area (Å²) in [6, 6.07) is 6.36. The molecule has 1 aromatic carbocycles. The molecule has 2 atom stereocenters. The Kier molecular flexibility index (Phi) is 4.11. The van der Waals surface area contributed by atoms with E-state index < -0.39 is 4.92 Å². The molecule has 0 spiro atoms. The van der Waals surface area contributed by atoms with Crippen LogP contribution >= 0.6 is 12.2 Å². The summed E-state index contributed by atoms with van der Waals surface area (Å²) in [5, 5.41) is 10.6. The average molecular weight is 280 g/mol. The number of ether oxygens (including phenoxy) is 1. The Hall–Kier alpha value is -1.53. The molecular formula is C13H16N2O3S. The molecule has 1 aliphatic rings. The molecule has 0 aromatic heterocycles. The first-order valence-corrected chi connectivity index (χ1v) is 6.57. The van der Waals surface area contributed by atoms with Crippen molar-refractivity contribution >= 4 is 22.9 Å². The summed E-state index contributed by atoms with van der Waals surface area (Å²) in [5.74, 6) is 0. The van der Waals surface area contributed by atoms with Crippen LogP contribution in [-0.2, 0) is 4.74 Å². The highest BCUT2D eigenvalue weighted by Gasteiger charge is 2.24.